The molecule has 3 atom stereocenters. The first-order valence-electron chi connectivity index (χ1n) is 4.76. The summed E-state index contributed by atoms with van der Waals surface area (Å²) in [5, 5.41) is 0.661. The summed E-state index contributed by atoms with van der Waals surface area (Å²) in [4.78, 5) is 0. The van der Waals surface area contributed by atoms with Crippen LogP contribution >= 0.6 is 0 Å². The Morgan fingerprint density at radius 3 is 2.58 bits per heavy atom. The van der Waals surface area contributed by atoms with Crippen molar-refractivity contribution in [2.75, 3.05) is 0 Å². The highest BCUT2D eigenvalue weighted by Crippen LogP contribution is 2.23. The van der Waals surface area contributed by atoms with Gasteiger partial charge in [0.05, 0.1) is 0 Å². The summed E-state index contributed by atoms with van der Waals surface area (Å²) < 4.78 is 11.7. The van der Waals surface area contributed by atoms with E-state index in [0.717, 1.165) is 25.7 Å². The van der Waals surface area contributed by atoms with Crippen molar-refractivity contribution in [3.8, 4) is 0 Å². The molecule has 1 fully saturated rings. The van der Waals surface area contributed by atoms with Crippen LogP contribution in [-0.2, 0) is 10.8 Å². The van der Waals surface area contributed by atoms with Gasteiger partial charge in [-0.3, -0.25) is 4.21 Å². The Morgan fingerprint density at radius 2 is 2.08 bits per heavy atom. The molecule has 2 nitrogen and oxygen atoms in total. The first-order chi connectivity index (χ1) is 5.61. The number of hydrogen-bond donors (Lipinski definition) is 1. The minimum atomic E-state index is -0.659. The number of nitrogens with two attached hydrogens (primary N) is 1. The van der Waals surface area contributed by atoms with Gasteiger partial charge in [0, 0.05) is 27.3 Å². The van der Waals surface area contributed by atoms with E-state index in [4.69, 9.17) is 5.73 Å². The molecule has 3 unspecified atom stereocenters. The van der Waals surface area contributed by atoms with E-state index in [-0.39, 0.29) is 0 Å². The van der Waals surface area contributed by atoms with Crippen molar-refractivity contribution in [3.63, 3.8) is 0 Å². The van der Waals surface area contributed by atoms with Gasteiger partial charge in [-0.1, -0.05) is 20.3 Å². The van der Waals surface area contributed by atoms with E-state index >= 15 is 0 Å². The van der Waals surface area contributed by atoms with E-state index in [2.05, 4.69) is 0 Å². The molecule has 3 heteroatoms. The standard InChI is InChI=1S/C9H19NOS/c1-7(2)12(11)9-5-3-4-8(10)6-9/h7-9H,3-6,10H2,1-2H3. The van der Waals surface area contributed by atoms with Gasteiger partial charge in [0.2, 0.25) is 0 Å². The predicted octanol–water partition coefficient (Wildman–Crippen LogP) is 1.41. The third kappa shape index (κ3) is 2.56. The molecule has 1 rings (SSSR count). The van der Waals surface area contributed by atoms with Crippen LogP contribution in [0.2, 0.25) is 0 Å². The minimum absolute atomic E-state index is 0.292. The fraction of sp³-hybridized carbons (Fsp3) is 1.00. The van der Waals surface area contributed by atoms with Gasteiger partial charge in [0.15, 0.2) is 0 Å². The lowest BCUT2D eigenvalue weighted by molar-refractivity contribution is 0.443. The Bertz CT molecular complexity index is 170. The Kier molecular flexibility index (Phi) is 3.72. The van der Waals surface area contributed by atoms with E-state index in [1.807, 2.05) is 13.8 Å². The van der Waals surface area contributed by atoms with Crippen molar-refractivity contribution in [1.82, 2.24) is 0 Å². The van der Waals surface area contributed by atoms with E-state index < -0.39 is 10.8 Å². The lowest BCUT2D eigenvalue weighted by Crippen LogP contribution is -2.35. The summed E-state index contributed by atoms with van der Waals surface area (Å²) in [6.45, 7) is 4.05. The summed E-state index contributed by atoms with van der Waals surface area (Å²) in [7, 11) is -0.659. The summed E-state index contributed by atoms with van der Waals surface area (Å²) in [5.74, 6) is 0. The molecule has 0 aromatic heterocycles. The molecule has 0 saturated heterocycles. The van der Waals surface area contributed by atoms with Crippen molar-refractivity contribution in [3.05, 3.63) is 0 Å². The van der Waals surface area contributed by atoms with Crippen LogP contribution in [0.15, 0.2) is 0 Å². The van der Waals surface area contributed by atoms with Gasteiger partial charge in [-0.15, -0.1) is 0 Å². The monoisotopic (exact) mass is 189 g/mol. The van der Waals surface area contributed by atoms with Crippen LogP contribution in [0.4, 0.5) is 0 Å². The zero-order chi connectivity index (χ0) is 9.14. The smallest absolute Gasteiger partial charge is 0.0365 e. The minimum Gasteiger partial charge on any atom is -0.328 e. The predicted molar refractivity (Wildman–Crippen MR) is 53.5 cm³/mol. The molecule has 12 heavy (non-hydrogen) atoms. The quantitative estimate of drug-likeness (QED) is 0.714. The van der Waals surface area contributed by atoms with E-state index in [1.165, 1.54) is 0 Å². The Morgan fingerprint density at radius 1 is 1.42 bits per heavy atom. The highest BCUT2D eigenvalue weighted by molar-refractivity contribution is 7.86. The van der Waals surface area contributed by atoms with Crippen LogP contribution in [0, 0.1) is 0 Å². The summed E-state index contributed by atoms with van der Waals surface area (Å²) in [6, 6.07) is 0.298. The average Bonchev–Trinajstić information content (AvgIpc) is 2.03. The van der Waals surface area contributed by atoms with Gasteiger partial charge in [-0.25, -0.2) is 0 Å². The van der Waals surface area contributed by atoms with Gasteiger partial charge in [-0.05, 0) is 19.3 Å². The Balaban J connectivity index is 2.46. The Hall–Kier alpha value is 0.110. The normalized spacial score (nSPS) is 33.7. The molecule has 0 amide bonds. The third-order valence-electron chi connectivity index (χ3n) is 2.46. The molecule has 0 aliphatic heterocycles. The number of rotatable bonds is 2. The largest absolute Gasteiger partial charge is 0.328 e. The molecule has 1 saturated carbocycles. The van der Waals surface area contributed by atoms with Crippen molar-refractivity contribution in [2.24, 2.45) is 5.73 Å². The van der Waals surface area contributed by atoms with Crippen LogP contribution in [0.5, 0.6) is 0 Å². The van der Waals surface area contributed by atoms with Gasteiger partial charge >= 0.3 is 0 Å². The fourth-order valence-electron chi connectivity index (χ4n) is 1.78. The van der Waals surface area contributed by atoms with Crippen LogP contribution in [0.1, 0.15) is 39.5 Å². The highest BCUT2D eigenvalue weighted by Gasteiger charge is 2.25. The molecule has 1 aliphatic rings. The molecule has 0 spiro atoms. The van der Waals surface area contributed by atoms with Gasteiger partial charge in [-0.2, -0.15) is 0 Å². The SMILES string of the molecule is CC(C)S(=O)C1CCCC(N)C1. The van der Waals surface area contributed by atoms with E-state index in [0.29, 0.717) is 16.5 Å². The molecule has 0 aromatic carbocycles. The molecular weight excluding hydrogens is 170 g/mol. The second-order valence-electron chi connectivity index (χ2n) is 3.93. The van der Waals surface area contributed by atoms with Crippen molar-refractivity contribution < 1.29 is 4.21 Å². The highest BCUT2D eigenvalue weighted by atomic mass is 32.2. The summed E-state index contributed by atoms with van der Waals surface area (Å²) in [5.41, 5.74) is 5.83. The molecule has 72 valence electrons. The lowest BCUT2D eigenvalue weighted by Gasteiger charge is -2.27. The van der Waals surface area contributed by atoms with Crippen LogP contribution in [0.25, 0.3) is 0 Å². The first-order valence-corrected chi connectivity index (χ1v) is 6.04. The van der Waals surface area contributed by atoms with E-state index in [1.54, 1.807) is 0 Å². The van der Waals surface area contributed by atoms with Crippen molar-refractivity contribution in [1.29, 1.82) is 0 Å². The van der Waals surface area contributed by atoms with Crippen LogP contribution in [0.3, 0.4) is 0 Å². The second kappa shape index (κ2) is 4.38. The molecule has 2 N–H and O–H groups in total. The topological polar surface area (TPSA) is 43.1 Å². The molecular formula is C9H19NOS. The maximum atomic E-state index is 11.7. The molecule has 0 aromatic rings. The maximum absolute atomic E-state index is 11.7. The van der Waals surface area contributed by atoms with Gasteiger partial charge < -0.3 is 5.73 Å². The third-order valence-corrected chi connectivity index (χ3v) is 4.47. The zero-order valence-corrected chi connectivity index (χ0v) is 8.77. The van der Waals surface area contributed by atoms with Gasteiger partial charge in [0.25, 0.3) is 0 Å². The van der Waals surface area contributed by atoms with Crippen molar-refractivity contribution in [2.45, 2.75) is 56.1 Å². The second-order valence-corrected chi connectivity index (χ2v) is 6.19. The Labute approximate surface area is 77.4 Å². The summed E-state index contributed by atoms with van der Waals surface area (Å²) >= 11 is 0. The van der Waals surface area contributed by atoms with Crippen LogP contribution in [-0.4, -0.2) is 20.8 Å². The first kappa shape index (κ1) is 10.2. The maximum Gasteiger partial charge on any atom is 0.0365 e. The fourth-order valence-corrected chi connectivity index (χ4v) is 3.38. The summed E-state index contributed by atoms with van der Waals surface area (Å²) in [6.07, 6.45) is 4.35. The van der Waals surface area contributed by atoms with Crippen molar-refractivity contribution >= 4 is 10.8 Å². The molecule has 0 radical (unpaired) electrons. The molecule has 1 aliphatic carbocycles. The van der Waals surface area contributed by atoms with Crippen LogP contribution < -0.4 is 5.73 Å². The van der Waals surface area contributed by atoms with Gasteiger partial charge in [0.1, 0.15) is 0 Å². The average molecular weight is 189 g/mol. The van der Waals surface area contributed by atoms with E-state index in [9.17, 15) is 4.21 Å². The molecule has 0 bridgehead atoms. The zero-order valence-electron chi connectivity index (χ0n) is 7.95. The number of hydrogen-bond acceptors (Lipinski definition) is 2. The molecule has 0 heterocycles. The lowest BCUT2D eigenvalue weighted by atomic mass is 9.96.